The Hall–Kier alpha value is -1.13. The fourth-order valence-electron chi connectivity index (χ4n) is 1.94. The Kier molecular flexibility index (Phi) is 3.12. The molecule has 3 nitrogen and oxygen atoms in total. The predicted octanol–water partition coefficient (Wildman–Crippen LogP) is 1.53. The maximum Gasteiger partial charge on any atom is 0.168 e. The van der Waals surface area contributed by atoms with Gasteiger partial charge < -0.3 is 14.6 Å². The molecule has 0 radical (unpaired) electrons. The molecular formula is C12H15FO3. The summed E-state index contributed by atoms with van der Waals surface area (Å²) in [5.74, 6) is -0.189. The van der Waals surface area contributed by atoms with Gasteiger partial charge in [-0.25, -0.2) is 4.39 Å². The van der Waals surface area contributed by atoms with Crippen molar-refractivity contribution in [3.05, 3.63) is 29.6 Å². The van der Waals surface area contributed by atoms with Crippen LogP contribution in [-0.2, 0) is 11.2 Å². The minimum Gasteiger partial charge on any atom is -0.494 e. The van der Waals surface area contributed by atoms with Crippen molar-refractivity contribution in [3.8, 4) is 5.75 Å². The van der Waals surface area contributed by atoms with Crippen molar-refractivity contribution in [2.75, 3.05) is 20.3 Å². The van der Waals surface area contributed by atoms with Gasteiger partial charge in [-0.3, -0.25) is 0 Å². The summed E-state index contributed by atoms with van der Waals surface area (Å²) in [6.07, 6.45) is 0.805. The van der Waals surface area contributed by atoms with Crippen LogP contribution in [0.5, 0.6) is 5.75 Å². The van der Waals surface area contributed by atoms with Crippen LogP contribution in [0, 0.1) is 5.82 Å². The monoisotopic (exact) mass is 226 g/mol. The molecule has 1 aromatic carbocycles. The van der Waals surface area contributed by atoms with Crippen molar-refractivity contribution in [2.45, 2.75) is 18.4 Å². The Morgan fingerprint density at radius 2 is 2.38 bits per heavy atom. The highest BCUT2D eigenvalue weighted by Gasteiger charge is 2.33. The second-order valence-corrected chi connectivity index (χ2v) is 4.14. The van der Waals surface area contributed by atoms with Crippen LogP contribution in [0.4, 0.5) is 4.39 Å². The van der Waals surface area contributed by atoms with E-state index < -0.39 is 11.4 Å². The van der Waals surface area contributed by atoms with Crippen LogP contribution in [0.2, 0.25) is 0 Å². The summed E-state index contributed by atoms with van der Waals surface area (Å²) in [6.45, 7) is 0.797. The van der Waals surface area contributed by atoms with Crippen molar-refractivity contribution in [3.63, 3.8) is 0 Å². The SMILES string of the molecule is COc1cccc(CC2(O)CCOC2)c1F. The number of aliphatic hydroxyl groups is 1. The molecule has 0 aliphatic carbocycles. The van der Waals surface area contributed by atoms with Crippen molar-refractivity contribution < 1.29 is 19.0 Å². The molecule has 1 aliphatic rings. The quantitative estimate of drug-likeness (QED) is 0.849. The minimum atomic E-state index is -0.937. The van der Waals surface area contributed by atoms with Crippen LogP contribution in [0.1, 0.15) is 12.0 Å². The average Bonchev–Trinajstić information content (AvgIpc) is 2.68. The van der Waals surface area contributed by atoms with Gasteiger partial charge in [-0.15, -0.1) is 0 Å². The summed E-state index contributed by atoms with van der Waals surface area (Å²) >= 11 is 0. The summed E-state index contributed by atoms with van der Waals surface area (Å²) in [5.41, 5.74) is -0.472. The molecule has 2 rings (SSSR count). The molecule has 0 spiro atoms. The number of ether oxygens (including phenoxy) is 2. The fourth-order valence-corrected chi connectivity index (χ4v) is 1.94. The van der Waals surface area contributed by atoms with Crippen LogP contribution in [0.25, 0.3) is 0 Å². The normalized spacial score (nSPS) is 24.7. The van der Waals surface area contributed by atoms with E-state index in [0.717, 1.165) is 0 Å². The molecule has 0 amide bonds. The maximum absolute atomic E-state index is 13.8. The summed E-state index contributed by atoms with van der Waals surface area (Å²) in [7, 11) is 1.43. The van der Waals surface area contributed by atoms with E-state index in [2.05, 4.69) is 0 Å². The summed E-state index contributed by atoms with van der Waals surface area (Å²) in [6, 6.07) is 4.94. The molecule has 16 heavy (non-hydrogen) atoms. The first kappa shape index (κ1) is 11.4. The lowest BCUT2D eigenvalue weighted by Gasteiger charge is -2.20. The third-order valence-corrected chi connectivity index (χ3v) is 2.87. The molecule has 1 fully saturated rings. The lowest BCUT2D eigenvalue weighted by molar-refractivity contribution is 0.0263. The van der Waals surface area contributed by atoms with Crippen LogP contribution in [-0.4, -0.2) is 31.0 Å². The van der Waals surface area contributed by atoms with Gasteiger partial charge in [0.15, 0.2) is 11.6 Å². The van der Waals surface area contributed by atoms with Crippen molar-refractivity contribution in [2.24, 2.45) is 0 Å². The summed E-state index contributed by atoms with van der Waals surface area (Å²) in [5, 5.41) is 10.1. The molecule has 1 saturated heterocycles. The van der Waals surface area contributed by atoms with E-state index >= 15 is 0 Å². The van der Waals surface area contributed by atoms with Crippen LogP contribution in [0.3, 0.4) is 0 Å². The Morgan fingerprint density at radius 3 is 3.00 bits per heavy atom. The van der Waals surface area contributed by atoms with Gasteiger partial charge in [0.2, 0.25) is 0 Å². The number of hydrogen-bond acceptors (Lipinski definition) is 3. The lowest BCUT2D eigenvalue weighted by atomic mass is 9.93. The number of benzene rings is 1. The number of hydrogen-bond donors (Lipinski definition) is 1. The molecule has 0 aromatic heterocycles. The number of halogens is 1. The van der Waals surface area contributed by atoms with E-state index in [-0.39, 0.29) is 18.8 Å². The first-order valence-corrected chi connectivity index (χ1v) is 5.26. The Bertz CT molecular complexity index is 373. The van der Waals surface area contributed by atoms with E-state index in [0.29, 0.717) is 18.6 Å². The van der Waals surface area contributed by atoms with E-state index in [9.17, 15) is 9.50 Å². The highest BCUT2D eigenvalue weighted by atomic mass is 19.1. The molecule has 88 valence electrons. The van der Waals surface area contributed by atoms with Crippen molar-refractivity contribution >= 4 is 0 Å². The molecule has 0 saturated carbocycles. The van der Waals surface area contributed by atoms with Crippen molar-refractivity contribution in [1.82, 2.24) is 0 Å². The summed E-state index contributed by atoms with van der Waals surface area (Å²) < 4.78 is 23.8. The standard InChI is InChI=1S/C12H15FO3/c1-15-10-4-2-3-9(11(10)13)7-12(14)5-6-16-8-12/h2-4,14H,5-8H2,1H3. The number of rotatable bonds is 3. The smallest absolute Gasteiger partial charge is 0.168 e. The molecule has 1 atom stereocenters. The average molecular weight is 226 g/mol. The zero-order valence-corrected chi connectivity index (χ0v) is 9.20. The Balaban J connectivity index is 2.21. The molecule has 1 aromatic rings. The molecule has 1 N–H and O–H groups in total. The van der Waals surface area contributed by atoms with Gasteiger partial charge in [-0.05, 0) is 11.6 Å². The van der Waals surface area contributed by atoms with Gasteiger partial charge in [-0.2, -0.15) is 0 Å². The van der Waals surface area contributed by atoms with E-state index in [1.165, 1.54) is 7.11 Å². The van der Waals surface area contributed by atoms with Crippen LogP contribution in [0.15, 0.2) is 18.2 Å². The van der Waals surface area contributed by atoms with Crippen LogP contribution >= 0.6 is 0 Å². The van der Waals surface area contributed by atoms with Gasteiger partial charge in [-0.1, -0.05) is 12.1 Å². The number of methoxy groups -OCH3 is 1. The molecule has 1 heterocycles. The highest BCUT2D eigenvalue weighted by Crippen LogP contribution is 2.27. The third kappa shape index (κ3) is 2.18. The molecule has 4 heteroatoms. The first-order chi connectivity index (χ1) is 7.64. The van der Waals surface area contributed by atoms with Crippen LogP contribution < -0.4 is 4.74 Å². The molecule has 1 aliphatic heterocycles. The first-order valence-electron chi connectivity index (χ1n) is 5.26. The Morgan fingerprint density at radius 1 is 1.56 bits per heavy atom. The van der Waals surface area contributed by atoms with E-state index in [1.54, 1.807) is 18.2 Å². The van der Waals surface area contributed by atoms with E-state index in [1.807, 2.05) is 0 Å². The van der Waals surface area contributed by atoms with Gasteiger partial charge in [0.1, 0.15) is 0 Å². The second-order valence-electron chi connectivity index (χ2n) is 4.14. The van der Waals surface area contributed by atoms with Gasteiger partial charge in [0.05, 0.1) is 19.3 Å². The Labute approximate surface area is 93.8 Å². The van der Waals surface area contributed by atoms with Gasteiger partial charge in [0, 0.05) is 19.4 Å². The topological polar surface area (TPSA) is 38.7 Å². The summed E-state index contributed by atoms with van der Waals surface area (Å²) in [4.78, 5) is 0. The zero-order chi connectivity index (χ0) is 11.6. The predicted molar refractivity (Wildman–Crippen MR) is 57.0 cm³/mol. The third-order valence-electron chi connectivity index (χ3n) is 2.87. The van der Waals surface area contributed by atoms with Gasteiger partial charge >= 0.3 is 0 Å². The second kappa shape index (κ2) is 4.39. The largest absolute Gasteiger partial charge is 0.494 e. The lowest BCUT2D eigenvalue weighted by Crippen LogP contribution is -2.32. The van der Waals surface area contributed by atoms with Crippen molar-refractivity contribution in [1.29, 1.82) is 0 Å². The molecule has 1 unspecified atom stereocenters. The zero-order valence-electron chi connectivity index (χ0n) is 9.20. The minimum absolute atomic E-state index is 0.208. The molecular weight excluding hydrogens is 211 g/mol. The maximum atomic E-state index is 13.8. The highest BCUT2D eigenvalue weighted by molar-refractivity contribution is 5.32. The van der Waals surface area contributed by atoms with Gasteiger partial charge in [0.25, 0.3) is 0 Å². The fraction of sp³-hybridized carbons (Fsp3) is 0.500. The molecule has 0 bridgehead atoms. The van der Waals surface area contributed by atoms with E-state index in [4.69, 9.17) is 9.47 Å².